The lowest BCUT2D eigenvalue weighted by Crippen LogP contribution is -2.18. The SMILES string of the molecule is CCn1cc([C@@H]2OCC[C@H]2CNc2nccc(C)c2Cl)cn1. The predicted octanol–water partition coefficient (Wildman–Crippen LogP) is 3.45. The van der Waals surface area contributed by atoms with Crippen LogP contribution in [0.4, 0.5) is 5.82 Å². The molecule has 0 spiro atoms. The molecule has 1 aliphatic rings. The summed E-state index contributed by atoms with van der Waals surface area (Å²) in [6.45, 7) is 6.51. The van der Waals surface area contributed by atoms with Gasteiger partial charge in [0.25, 0.3) is 0 Å². The third-order valence-corrected chi connectivity index (χ3v) is 4.61. The minimum Gasteiger partial charge on any atom is -0.373 e. The topological polar surface area (TPSA) is 52.0 Å². The van der Waals surface area contributed by atoms with Gasteiger partial charge in [-0.25, -0.2) is 4.98 Å². The number of ether oxygens (including phenoxy) is 1. The fourth-order valence-corrected chi connectivity index (χ4v) is 2.98. The van der Waals surface area contributed by atoms with Crippen LogP contribution < -0.4 is 5.32 Å². The Morgan fingerprint density at radius 1 is 1.50 bits per heavy atom. The number of pyridine rings is 1. The molecule has 118 valence electrons. The maximum Gasteiger partial charge on any atom is 0.145 e. The Labute approximate surface area is 135 Å². The minimum absolute atomic E-state index is 0.0939. The molecule has 3 heterocycles. The van der Waals surface area contributed by atoms with Gasteiger partial charge >= 0.3 is 0 Å². The van der Waals surface area contributed by atoms with Crippen molar-refractivity contribution in [1.29, 1.82) is 0 Å². The second-order valence-electron chi connectivity index (χ2n) is 5.64. The highest BCUT2D eigenvalue weighted by molar-refractivity contribution is 6.33. The molecule has 6 heteroatoms. The average Bonchev–Trinajstić information content (AvgIpc) is 3.16. The van der Waals surface area contributed by atoms with Crippen molar-refractivity contribution < 1.29 is 4.74 Å². The first-order valence-corrected chi connectivity index (χ1v) is 8.05. The summed E-state index contributed by atoms with van der Waals surface area (Å²) in [5.41, 5.74) is 2.18. The van der Waals surface area contributed by atoms with Crippen LogP contribution in [-0.4, -0.2) is 27.9 Å². The summed E-state index contributed by atoms with van der Waals surface area (Å²) in [5.74, 6) is 1.14. The zero-order valence-corrected chi connectivity index (χ0v) is 13.7. The van der Waals surface area contributed by atoms with Gasteiger partial charge in [-0.15, -0.1) is 0 Å². The molecule has 1 aliphatic heterocycles. The smallest absolute Gasteiger partial charge is 0.145 e. The first-order valence-electron chi connectivity index (χ1n) is 7.68. The summed E-state index contributed by atoms with van der Waals surface area (Å²) >= 11 is 6.28. The average molecular weight is 321 g/mol. The normalized spacial score (nSPS) is 21.2. The molecule has 1 fully saturated rings. The van der Waals surface area contributed by atoms with E-state index in [0.717, 1.165) is 43.1 Å². The van der Waals surface area contributed by atoms with Crippen molar-refractivity contribution in [1.82, 2.24) is 14.8 Å². The van der Waals surface area contributed by atoms with Gasteiger partial charge in [0.1, 0.15) is 5.82 Å². The number of nitrogens with zero attached hydrogens (tertiary/aromatic N) is 3. The van der Waals surface area contributed by atoms with Gasteiger partial charge in [0, 0.05) is 43.6 Å². The highest BCUT2D eigenvalue weighted by Gasteiger charge is 2.30. The van der Waals surface area contributed by atoms with Crippen LogP contribution in [0, 0.1) is 12.8 Å². The summed E-state index contributed by atoms with van der Waals surface area (Å²) in [7, 11) is 0. The predicted molar refractivity (Wildman–Crippen MR) is 87.2 cm³/mol. The van der Waals surface area contributed by atoms with Crippen LogP contribution in [-0.2, 0) is 11.3 Å². The molecule has 2 aromatic heterocycles. The number of anilines is 1. The molecule has 3 rings (SSSR count). The third-order valence-electron chi connectivity index (χ3n) is 4.13. The molecule has 0 unspecified atom stereocenters. The van der Waals surface area contributed by atoms with E-state index < -0.39 is 0 Å². The number of hydrogen-bond acceptors (Lipinski definition) is 4. The standard InChI is InChI=1S/C16H21ClN4O/c1-3-21-10-13(9-20-21)15-12(5-7-22-15)8-19-16-14(17)11(2)4-6-18-16/h4,6,9-10,12,15H,3,5,7-8H2,1-2H3,(H,18,19)/t12-,15+/m0/s1. The van der Waals surface area contributed by atoms with E-state index in [2.05, 4.69) is 28.5 Å². The second kappa shape index (κ2) is 6.67. The van der Waals surface area contributed by atoms with Gasteiger partial charge in [0.15, 0.2) is 0 Å². The Morgan fingerprint density at radius 2 is 2.36 bits per heavy atom. The molecule has 0 aliphatic carbocycles. The minimum atomic E-state index is 0.0939. The van der Waals surface area contributed by atoms with Crippen molar-refractivity contribution in [2.45, 2.75) is 32.9 Å². The maximum atomic E-state index is 6.28. The van der Waals surface area contributed by atoms with Crippen molar-refractivity contribution in [3.63, 3.8) is 0 Å². The maximum absolute atomic E-state index is 6.28. The zero-order valence-electron chi connectivity index (χ0n) is 12.9. The van der Waals surface area contributed by atoms with E-state index in [9.17, 15) is 0 Å². The van der Waals surface area contributed by atoms with Gasteiger partial charge in [-0.3, -0.25) is 4.68 Å². The molecular formula is C16H21ClN4O. The number of aromatic nitrogens is 3. The molecule has 1 N–H and O–H groups in total. The van der Waals surface area contributed by atoms with Gasteiger partial charge in [-0.1, -0.05) is 11.6 Å². The van der Waals surface area contributed by atoms with Crippen LogP contribution in [0.15, 0.2) is 24.7 Å². The van der Waals surface area contributed by atoms with Crippen LogP contribution in [0.25, 0.3) is 0 Å². The zero-order chi connectivity index (χ0) is 15.5. The number of rotatable bonds is 5. The van der Waals surface area contributed by atoms with E-state index in [1.165, 1.54) is 0 Å². The molecule has 0 bridgehead atoms. The molecule has 0 radical (unpaired) electrons. The van der Waals surface area contributed by atoms with E-state index in [-0.39, 0.29) is 6.10 Å². The van der Waals surface area contributed by atoms with Gasteiger partial charge < -0.3 is 10.1 Å². The van der Waals surface area contributed by atoms with Crippen molar-refractivity contribution >= 4 is 17.4 Å². The monoisotopic (exact) mass is 320 g/mol. The number of halogens is 1. The van der Waals surface area contributed by atoms with Crippen LogP contribution in [0.3, 0.4) is 0 Å². The number of nitrogens with one attached hydrogen (secondary N) is 1. The number of aryl methyl sites for hydroxylation is 2. The summed E-state index contributed by atoms with van der Waals surface area (Å²) in [6, 6.07) is 1.91. The molecule has 5 nitrogen and oxygen atoms in total. The Kier molecular flexibility index (Phi) is 4.64. The van der Waals surface area contributed by atoms with E-state index in [1.807, 2.05) is 23.9 Å². The van der Waals surface area contributed by atoms with Crippen LogP contribution in [0.2, 0.25) is 5.02 Å². The van der Waals surface area contributed by atoms with E-state index in [4.69, 9.17) is 16.3 Å². The van der Waals surface area contributed by atoms with Crippen LogP contribution in [0.1, 0.15) is 30.6 Å². The fourth-order valence-electron chi connectivity index (χ4n) is 2.80. The highest BCUT2D eigenvalue weighted by atomic mass is 35.5. The Balaban J connectivity index is 1.67. The molecule has 0 aromatic carbocycles. The van der Waals surface area contributed by atoms with Gasteiger partial charge in [-0.2, -0.15) is 5.10 Å². The van der Waals surface area contributed by atoms with Crippen LogP contribution >= 0.6 is 11.6 Å². The molecular weight excluding hydrogens is 300 g/mol. The van der Waals surface area contributed by atoms with Gasteiger partial charge in [-0.05, 0) is 31.9 Å². The summed E-state index contributed by atoms with van der Waals surface area (Å²) in [4.78, 5) is 4.31. The summed E-state index contributed by atoms with van der Waals surface area (Å²) in [6.07, 6.45) is 6.87. The first-order chi connectivity index (χ1) is 10.7. The van der Waals surface area contributed by atoms with Crippen molar-refractivity contribution in [2.24, 2.45) is 5.92 Å². The molecule has 22 heavy (non-hydrogen) atoms. The third kappa shape index (κ3) is 3.10. The molecule has 1 saturated heterocycles. The van der Waals surface area contributed by atoms with Crippen LogP contribution in [0.5, 0.6) is 0 Å². The van der Waals surface area contributed by atoms with E-state index >= 15 is 0 Å². The Hall–Kier alpha value is -1.59. The molecule has 0 amide bonds. The first kappa shape index (κ1) is 15.3. The molecule has 2 aromatic rings. The van der Waals surface area contributed by atoms with E-state index in [1.54, 1.807) is 6.20 Å². The largest absolute Gasteiger partial charge is 0.373 e. The second-order valence-corrected chi connectivity index (χ2v) is 6.02. The Bertz CT molecular complexity index is 643. The lowest BCUT2D eigenvalue weighted by molar-refractivity contribution is 0.0932. The summed E-state index contributed by atoms with van der Waals surface area (Å²) < 4.78 is 7.84. The lowest BCUT2D eigenvalue weighted by Gasteiger charge is -2.18. The van der Waals surface area contributed by atoms with E-state index in [0.29, 0.717) is 10.9 Å². The fraction of sp³-hybridized carbons (Fsp3) is 0.500. The molecule has 0 saturated carbocycles. The van der Waals surface area contributed by atoms with Crippen molar-refractivity contribution in [3.05, 3.63) is 40.8 Å². The summed E-state index contributed by atoms with van der Waals surface area (Å²) in [5, 5.41) is 8.40. The molecule has 2 atom stereocenters. The van der Waals surface area contributed by atoms with Crippen molar-refractivity contribution in [3.8, 4) is 0 Å². The quantitative estimate of drug-likeness (QED) is 0.916. The highest BCUT2D eigenvalue weighted by Crippen LogP contribution is 2.35. The number of hydrogen-bond donors (Lipinski definition) is 1. The Morgan fingerprint density at radius 3 is 3.14 bits per heavy atom. The van der Waals surface area contributed by atoms with Gasteiger partial charge in [0.2, 0.25) is 0 Å². The van der Waals surface area contributed by atoms with Crippen molar-refractivity contribution in [2.75, 3.05) is 18.5 Å². The van der Waals surface area contributed by atoms with Gasteiger partial charge in [0.05, 0.1) is 17.3 Å². The lowest BCUT2D eigenvalue weighted by atomic mass is 9.97.